The van der Waals surface area contributed by atoms with E-state index < -0.39 is 5.56 Å². The Balaban J connectivity index is 1.59. The van der Waals surface area contributed by atoms with E-state index in [4.69, 9.17) is 9.78 Å². The van der Waals surface area contributed by atoms with Crippen molar-refractivity contribution in [1.29, 1.82) is 5.26 Å². The number of nitrogens with zero attached hydrogens (tertiary/aromatic N) is 4. The van der Waals surface area contributed by atoms with Gasteiger partial charge in [-0.2, -0.15) is 10.2 Å². The van der Waals surface area contributed by atoms with Gasteiger partial charge in [0.1, 0.15) is 11.6 Å². The molecule has 0 aliphatic carbocycles. The Hall–Kier alpha value is -3.99. The molecular weight excluding hydrogens is 346 g/mol. The molecule has 0 bridgehead atoms. The van der Waals surface area contributed by atoms with E-state index in [-0.39, 0.29) is 16.5 Å². The van der Waals surface area contributed by atoms with Crippen molar-refractivity contribution in [3.8, 4) is 17.5 Å². The van der Waals surface area contributed by atoms with Crippen molar-refractivity contribution in [3.05, 3.63) is 80.8 Å². The smallest absolute Gasteiger partial charge is 0.266 e. The van der Waals surface area contributed by atoms with Gasteiger partial charge in [0, 0.05) is 24.7 Å². The Morgan fingerprint density at radius 3 is 2.78 bits per heavy atom. The van der Waals surface area contributed by atoms with Crippen LogP contribution in [0.15, 0.2) is 62.8 Å². The average Bonchev–Trinajstić information content (AvgIpc) is 3.17. The van der Waals surface area contributed by atoms with Crippen LogP contribution < -0.4 is 11.1 Å². The zero-order valence-corrected chi connectivity index (χ0v) is 14.0. The lowest BCUT2D eigenvalue weighted by molar-refractivity contribution is 0.371. The summed E-state index contributed by atoms with van der Waals surface area (Å²) in [4.78, 5) is 31.2. The highest BCUT2D eigenvalue weighted by molar-refractivity contribution is 5.78. The minimum absolute atomic E-state index is 0.0956. The van der Waals surface area contributed by atoms with E-state index in [9.17, 15) is 9.59 Å². The van der Waals surface area contributed by atoms with Gasteiger partial charge in [0.25, 0.3) is 11.1 Å². The fourth-order valence-electron chi connectivity index (χ4n) is 2.78. The Labute approximate surface area is 152 Å². The minimum atomic E-state index is -0.513. The predicted octanol–water partition coefficient (Wildman–Crippen LogP) is 1.85. The summed E-state index contributed by atoms with van der Waals surface area (Å²) in [7, 11) is 0. The van der Waals surface area contributed by atoms with Crippen molar-refractivity contribution < 1.29 is 4.52 Å². The maximum absolute atomic E-state index is 12.6. The Bertz CT molecular complexity index is 1280. The first-order valence-corrected chi connectivity index (χ1v) is 8.20. The molecule has 4 aromatic rings. The van der Waals surface area contributed by atoms with Gasteiger partial charge >= 0.3 is 0 Å². The second-order valence-electron chi connectivity index (χ2n) is 5.89. The molecule has 0 fully saturated rings. The summed E-state index contributed by atoms with van der Waals surface area (Å²) < 4.78 is 6.73. The van der Waals surface area contributed by atoms with Gasteiger partial charge in [-0.25, -0.2) is 0 Å². The number of rotatable bonds is 4. The second kappa shape index (κ2) is 6.72. The molecule has 0 atom stereocenters. The van der Waals surface area contributed by atoms with Crippen molar-refractivity contribution >= 4 is 10.9 Å². The maximum atomic E-state index is 12.6. The van der Waals surface area contributed by atoms with E-state index in [1.165, 1.54) is 10.6 Å². The molecule has 0 amide bonds. The van der Waals surface area contributed by atoms with Gasteiger partial charge in [-0.15, -0.1) is 0 Å². The lowest BCUT2D eigenvalue weighted by Crippen LogP contribution is -2.22. The fourth-order valence-corrected chi connectivity index (χ4v) is 2.78. The zero-order valence-electron chi connectivity index (χ0n) is 14.0. The van der Waals surface area contributed by atoms with Crippen LogP contribution >= 0.6 is 0 Å². The molecule has 0 saturated carbocycles. The van der Waals surface area contributed by atoms with Crippen molar-refractivity contribution in [3.63, 3.8) is 0 Å². The molecule has 0 spiro atoms. The lowest BCUT2D eigenvalue weighted by atomic mass is 10.2. The number of hydrogen-bond acceptors (Lipinski definition) is 6. The van der Waals surface area contributed by atoms with Crippen LogP contribution in [0.1, 0.15) is 11.5 Å². The van der Waals surface area contributed by atoms with Gasteiger partial charge in [0.2, 0.25) is 11.7 Å². The van der Waals surface area contributed by atoms with E-state index in [0.29, 0.717) is 30.2 Å². The molecule has 8 nitrogen and oxygen atoms in total. The van der Waals surface area contributed by atoms with Gasteiger partial charge in [0.05, 0.1) is 10.9 Å². The summed E-state index contributed by atoms with van der Waals surface area (Å²) in [6.07, 6.45) is 1.96. The van der Waals surface area contributed by atoms with Gasteiger partial charge in [0.15, 0.2) is 0 Å². The quantitative estimate of drug-likeness (QED) is 0.594. The first-order valence-electron chi connectivity index (χ1n) is 8.20. The van der Waals surface area contributed by atoms with Gasteiger partial charge in [-0.05, 0) is 12.1 Å². The molecular formula is C19H13N5O3. The molecule has 4 rings (SSSR count). The number of aromatic nitrogens is 4. The normalized spacial score (nSPS) is 10.8. The van der Waals surface area contributed by atoms with Crippen LogP contribution in [0.5, 0.6) is 0 Å². The molecule has 132 valence electrons. The van der Waals surface area contributed by atoms with Crippen molar-refractivity contribution in [2.75, 3.05) is 0 Å². The van der Waals surface area contributed by atoms with Crippen LogP contribution in [0, 0.1) is 11.3 Å². The summed E-state index contributed by atoms with van der Waals surface area (Å²) in [5.74, 6) is 0.910. The number of benzene rings is 1. The molecule has 0 aliphatic rings. The van der Waals surface area contributed by atoms with E-state index >= 15 is 0 Å². The number of aryl methyl sites for hydroxylation is 2. The van der Waals surface area contributed by atoms with Crippen LogP contribution in [0.4, 0.5) is 0 Å². The molecule has 3 heterocycles. The molecule has 1 aromatic carbocycles. The summed E-state index contributed by atoms with van der Waals surface area (Å²) in [6, 6.07) is 14.2. The van der Waals surface area contributed by atoms with Gasteiger partial charge < -0.3 is 14.1 Å². The largest absolute Gasteiger partial charge is 0.339 e. The molecule has 0 aliphatic heterocycles. The first-order chi connectivity index (χ1) is 13.2. The number of H-pyrrole nitrogens is 1. The number of fused-ring (bicyclic) bond motifs is 1. The lowest BCUT2D eigenvalue weighted by Gasteiger charge is -2.05. The van der Waals surface area contributed by atoms with E-state index in [1.54, 1.807) is 18.3 Å². The topological polar surface area (TPSA) is 118 Å². The maximum Gasteiger partial charge on any atom is 0.266 e. The number of hydrogen-bond donors (Lipinski definition) is 1. The summed E-state index contributed by atoms with van der Waals surface area (Å²) in [5.41, 5.74) is 0.332. The van der Waals surface area contributed by atoms with Crippen molar-refractivity contribution in [2.24, 2.45) is 0 Å². The standard InChI is InChI=1S/C19H13N5O3/c20-11-13-10-14-15(21-18(13)25)6-8-24(19(14)26)9-7-16-22-17(23-27-16)12-4-2-1-3-5-12/h1-6,8,10H,7,9H2,(H,21,25). The van der Waals surface area contributed by atoms with Crippen LogP contribution in [-0.4, -0.2) is 19.7 Å². The van der Waals surface area contributed by atoms with E-state index in [0.717, 1.165) is 5.56 Å². The molecule has 3 aromatic heterocycles. The molecule has 1 N–H and O–H groups in total. The number of pyridine rings is 2. The SMILES string of the molecule is N#Cc1cc2c(=O)n(CCc3nc(-c4ccccc4)no3)ccc2[nH]c1=O. The second-order valence-corrected chi connectivity index (χ2v) is 5.89. The number of aromatic amines is 1. The molecule has 8 heteroatoms. The highest BCUT2D eigenvalue weighted by Crippen LogP contribution is 2.15. The summed E-state index contributed by atoms with van der Waals surface area (Å²) >= 11 is 0. The predicted molar refractivity (Wildman–Crippen MR) is 97.0 cm³/mol. The van der Waals surface area contributed by atoms with Gasteiger partial charge in [-0.1, -0.05) is 35.5 Å². The molecule has 0 unspecified atom stereocenters. The summed E-state index contributed by atoms with van der Waals surface area (Å²) in [5, 5.41) is 13.2. The fraction of sp³-hybridized carbons (Fsp3) is 0.105. The Morgan fingerprint density at radius 2 is 2.00 bits per heavy atom. The Morgan fingerprint density at radius 1 is 1.19 bits per heavy atom. The highest BCUT2D eigenvalue weighted by atomic mass is 16.5. The third-order valence-electron chi connectivity index (χ3n) is 4.17. The van der Waals surface area contributed by atoms with Crippen molar-refractivity contribution in [2.45, 2.75) is 13.0 Å². The number of nitriles is 1. The minimum Gasteiger partial charge on any atom is -0.339 e. The zero-order chi connectivity index (χ0) is 18.8. The van der Waals surface area contributed by atoms with E-state index in [2.05, 4.69) is 15.1 Å². The molecule has 27 heavy (non-hydrogen) atoms. The first kappa shape index (κ1) is 16.5. The van der Waals surface area contributed by atoms with E-state index in [1.807, 2.05) is 30.3 Å². The van der Waals surface area contributed by atoms with Gasteiger partial charge in [-0.3, -0.25) is 9.59 Å². The third kappa shape index (κ3) is 3.14. The molecule has 0 radical (unpaired) electrons. The van der Waals surface area contributed by atoms with Crippen LogP contribution in [0.2, 0.25) is 0 Å². The highest BCUT2D eigenvalue weighted by Gasteiger charge is 2.11. The van der Waals surface area contributed by atoms with Crippen LogP contribution in [-0.2, 0) is 13.0 Å². The third-order valence-corrected chi connectivity index (χ3v) is 4.17. The van der Waals surface area contributed by atoms with Crippen LogP contribution in [0.25, 0.3) is 22.3 Å². The van der Waals surface area contributed by atoms with Crippen LogP contribution in [0.3, 0.4) is 0 Å². The average molecular weight is 359 g/mol. The molecule has 0 saturated heterocycles. The summed E-state index contributed by atoms with van der Waals surface area (Å²) in [6.45, 7) is 0.326. The Kier molecular flexibility index (Phi) is 4.10. The van der Waals surface area contributed by atoms with Crippen molar-refractivity contribution in [1.82, 2.24) is 19.7 Å². The number of nitrogens with one attached hydrogen (secondary N) is 1. The monoisotopic (exact) mass is 359 g/mol.